The Morgan fingerprint density at radius 1 is 1.29 bits per heavy atom. The van der Waals surface area contributed by atoms with E-state index >= 15 is 0 Å². The molecule has 3 rings (SSSR count). The highest BCUT2D eigenvalue weighted by molar-refractivity contribution is 6.10. The molecule has 0 saturated heterocycles. The highest BCUT2D eigenvalue weighted by Gasteiger charge is 2.24. The minimum Gasteiger partial charge on any atom is -0.404 e. The first kappa shape index (κ1) is 19.5. The van der Waals surface area contributed by atoms with Crippen LogP contribution in [0.25, 0.3) is 5.57 Å². The molecule has 0 saturated carbocycles. The van der Waals surface area contributed by atoms with Crippen LogP contribution in [0.2, 0.25) is 0 Å². The Bertz CT molecular complexity index is 904. The molecule has 0 spiro atoms. The van der Waals surface area contributed by atoms with Crippen LogP contribution in [0.3, 0.4) is 0 Å². The van der Waals surface area contributed by atoms with Gasteiger partial charge in [0.1, 0.15) is 6.29 Å². The largest absolute Gasteiger partial charge is 0.404 e. The van der Waals surface area contributed by atoms with Crippen molar-refractivity contribution in [2.24, 2.45) is 10.7 Å². The first-order chi connectivity index (χ1) is 13.7. The Hall–Kier alpha value is -3.28. The van der Waals surface area contributed by atoms with Crippen LogP contribution in [0.15, 0.2) is 47.6 Å². The number of nitrogens with one attached hydrogen (secondary N) is 2. The van der Waals surface area contributed by atoms with Crippen molar-refractivity contribution in [1.29, 1.82) is 0 Å². The zero-order chi connectivity index (χ0) is 19.9. The van der Waals surface area contributed by atoms with Crippen molar-refractivity contribution < 1.29 is 4.79 Å². The lowest BCUT2D eigenvalue weighted by Gasteiger charge is -2.25. The Morgan fingerprint density at radius 3 is 2.86 bits per heavy atom. The van der Waals surface area contributed by atoms with E-state index in [4.69, 9.17) is 5.73 Å². The van der Waals surface area contributed by atoms with Crippen LogP contribution in [0.5, 0.6) is 0 Å². The van der Waals surface area contributed by atoms with E-state index in [0.717, 1.165) is 47.5 Å². The summed E-state index contributed by atoms with van der Waals surface area (Å²) in [5.74, 6) is 0. The van der Waals surface area contributed by atoms with Crippen LogP contribution in [0.4, 0.5) is 22.7 Å². The van der Waals surface area contributed by atoms with E-state index in [0.29, 0.717) is 13.0 Å². The molecule has 1 aliphatic heterocycles. The van der Waals surface area contributed by atoms with E-state index in [9.17, 15) is 4.79 Å². The van der Waals surface area contributed by atoms with Crippen molar-refractivity contribution >= 4 is 40.8 Å². The first-order valence-corrected chi connectivity index (χ1v) is 9.46. The minimum atomic E-state index is 0.471. The smallest absolute Gasteiger partial charge is 0.121 e. The molecule has 0 aromatic heterocycles. The number of nitrogens with two attached hydrogens (primary N) is 1. The number of hydrogen-bond acceptors (Lipinski definition) is 6. The third-order valence-corrected chi connectivity index (χ3v) is 4.93. The number of aliphatic imine (C=N–C) groups is 1. The van der Waals surface area contributed by atoms with Gasteiger partial charge >= 0.3 is 0 Å². The summed E-state index contributed by atoms with van der Waals surface area (Å²) in [6.07, 6.45) is 5.75. The second kappa shape index (κ2) is 9.08. The number of para-hydroxylation sites is 1. The van der Waals surface area contributed by atoms with Gasteiger partial charge in [0.2, 0.25) is 0 Å². The van der Waals surface area contributed by atoms with Crippen LogP contribution in [0.1, 0.15) is 17.5 Å². The Kier molecular flexibility index (Phi) is 6.32. The molecule has 0 radical (unpaired) electrons. The van der Waals surface area contributed by atoms with Gasteiger partial charge in [-0.1, -0.05) is 18.2 Å². The highest BCUT2D eigenvalue weighted by Crippen LogP contribution is 2.42. The number of fused-ring (bicyclic) bond motifs is 1. The first-order valence-electron chi connectivity index (χ1n) is 9.46. The molecule has 6 heteroatoms. The van der Waals surface area contributed by atoms with Crippen molar-refractivity contribution in [2.75, 3.05) is 42.7 Å². The van der Waals surface area contributed by atoms with Gasteiger partial charge in [-0.05, 0) is 35.7 Å². The second-order valence-corrected chi connectivity index (χ2v) is 6.59. The predicted molar refractivity (Wildman–Crippen MR) is 119 cm³/mol. The number of hydrogen-bond donors (Lipinski definition) is 3. The van der Waals surface area contributed by atoms with Gasteiger partial charge in [-0.25, -0.2) is 0 Å². The lowest BCUT2D eigenvalue weighted by atomic mass is 10.0. The maximum Gasteiger partial charge on any atom is 0.121 e. The number of carbonyl (C=O) groups is 1. The van der Waals surface area contributed by atoms with Crippen molar-refractivity contribution in [3.63, 3.8) is 0 Å². The van der Waals surface area contributed by atoms with E-state index in [1.54, 1.807) is 19.5 Å². The molecule has 0 fully saturated rings. The molecule has 0 unspecified atom stereocenters. The maximum atomic E-state index is 10.7. The van der Waals surface area contributed by atoms with E-state index in [-0.39, 0.29) is 0 Å². The van der Waals surface area contributed by atoms with Gasteiger partial charge in [-0.2, -0.15) is 0 Å². The molecule has 6 nitrogen and oxygen atoms in total. The summed E-state index contributed by atoms with van der Waals surface area (Å²) in [6, 6.07) is 12.6. The number of nitrogens with zero attached hydrogens (tertiary/aromatic N) is 2. The second-order valence-electron chi connectivity index (χ2n) is 6.59. The van der Waals surface area contributed by atoms with E-state index in [2.05, 4.69) is 44.8 Å². The summed E-state index contributed by atoms with van der Waals surface area (Å²) in [5.41, 5.74) is 13.3. The SMILES string of the molecule is CN=CC(=CN)c1ccc2c(c1)N(c1cccc(NC)c1NCCC=O)CC2. The normalized spacial score (nSPS) is 13.6. The summed E-state index contributed by atoms with van der Waals surface area (Å²) in [7, 11) is 3.64. The average Bonchev–Trinajstić information content (AvgIpc) is 3.15. The molecule has 4 N–H and O–H groups in total. The summed E-state index contributed by atoms with van der Waals surface area (Å²) >= 11 is 0. The van der Waals surface area contributed by atoms with Crippen molar-refractivity contribution in [1.82, 2.24) is 0 Å². The van der Waals surface area contributed by atoms with Crippen LogP contribution in [-0.2, 0) is 11.2 Å². The van der Waals surface area contributed by atoms with Crippen LogP contribution < -0.4 is 21.3 Å². The quantitative estimate of drug-likeness (QED) is 0.373. The molecular formula is C22H27N5O. The Morgan fingerprint density at radius 2 is 2.14 bits per heavy atom. The number of allylic oxidation sites excluding steroid dienone is 1. The number of rotatable bonds is 8. The van der Waals surface area contributed by atoms with Gasteiger partial charge in [0.15, 0.2) is 0 Å². The third kappa shape index (κ3) is 3.86. The molecule has 1 heterocycles. The summed E-state index contributed by atoms with van der Waals surface area (Å²) in [6.45, 7) is 1.50. The molecule has 0 amide bonds. The summed E-state index contributed by atoms with van der Waals surface area (Å²) in [4.78, 5) is 17.2. The molecule has 0 atom stereocenters. The van der Waals surface area contributed by atoms with Crippen LogP contribution in [0, 0.1) is 0 Å². The Labute approximate surface area is 166 Å². The number of benzene rings is 2. The highest BCUT2D eigenvalue weighted by atomic mass is 16.1. The van der Waals surface area contributed by atoms with Crippen molar-refractivity contribution in [3.8, 4) is 0 Å². The van der Waals surface area contributed by atoms with Crippen LogP contribution in [-0.4, -0.2) is 39.7 Å². The fourth-order valence-corrected chi connectivity index (χ4v) is 3.58. The van der Waals surface area contributed by atoms with Crippen LogP contribution >= 0.6 is 0 Å². The standard InChI is InChI=1S/C22H27N5O/c1-24-15-18(14-23)17-8-7-16-9-11-27(21(16)13-17)20-6-3-5-19(25-2)22(20)26-10-4-12-28/h3,5-8,12-15,25-26H,4,9-11,23H2,1-2H3. The van der Waals surface area contributed by atoms with Gasteiger partial charge < -0.3 is 26.1 Å². The van der Waals surface area contributed by atoms with E-state index in [1.165, 1.54) is 11.3 Å². The number of aldehydes is 1. The fourth-order valence-electron chi connectivity index (χ4n) is 3.58. The molecule has 2 aromatic rings. The average molecular weight is 377 g/mol. The van der Waals surface area contributed by atoms with Crippen molar-refractivity contribution in [3.05, 3.63) is 53.7 Å². The minimum absolute atomic E-state index is 0.471. The molecule has 0 bridgehead atoms. The van der Waals surface area contributed by atoms with Gasteiger partial charge in [0.05, 0.1) is 17.1 Å². The molecular weight excluding hydrogens is 350 g/mol. The number of anilines is 4. The lowest BCUT2D eigenvalue weighted by molar-refractivity contribution is -0.107. The summed E-state index contributed by atoms with van der Waals surface area (Å²) < 4.78 is 0. The zero-order valence-corrected chi connectivity index (χ0v) is 16.4. The molecule has 0 aliphatic carbocycles. The maximum absolute atomic E-state index is 10.7. The molecule has 28 heavy (non-hydrogen) atoms. The van der Waals surface area contributed by atoms with Gasteiger partial charge in [0, 0.05) is 57.3 Å². The number of carbonyl (C=O) groups excluding carboxylic acids is 1. The van der Waals surface area contributed by atoms with E-state index < -0.39 is 0 Å². The monoisotopic (exact) mass is 377 g/mol. The Balaban J connectivity index is 2.03. The summed E-state index contributed by atoms with van der Waals surface area (Å²) in [5, 5.41) is 6.67. The van der Waals surface area contributed by atoms with Gasteiger partial charge in [-0.3, -0.25) is 4.99 Å². The molecule has 1 aliphatic rings. The molecule has 146 valence electrons. The topological polar surface area (TPSA) is 82.8 Å². The van der Waals surface area contributed by atoms with E-state index in [1.807, 2.05) is 19.2 Å². The van der Waals surface area contributed by atoms with Crippen molar-refractivity contribution in [2.45, 2.75) is 12.8 Å². The van der Waals surface area contributed by atoms with Gasteiger partial charge in [0.25, 0.3) is 0 Å². The third-order valence-electron chi connectivity index (χ3n) is 4.93. The fraction of sp³-hybridized carbons (Fsp3) is 0.273. The van der Waals surface area contributed by atoms with Gasteiger partial charge in [-0.15, -0.1) is 0 Å². The zero-order valence-electron chi connectivity index (χ0n) is 16.4. The predicted octanol–water partition coefficient (Wildman–Crippen LogP) is 3.42. The lowest BCUT2D eigenvalue weighted by Crippen LogP contribution is -2.17. The molecule has 2 aromatic carbocycles.